The molecule has 5 heteroatoms. The molecule has 1 aliphatic rings. The fourth-order valence-corrected chi connectivity index (χ4v) is 4.05. The van der Waals surface area contributed by atoms with Crippen molar-refractivity contribution >= 4 is 16.7 Å². The van der Waals surface area contributed by atoms with E-state index < -0.39 is 0 Å². The smallest absolute Gasteiger partial charge is 0.222 e. The summed E-state index contributed by atoms with van der Waals surface area (Å²) in [6, 6.07) is 17.2. The lowest BCUT2D eigenvalue weighted by Gasteiger charge is -2.26. The van der Waals surface area contributed by atoms with Gasteiger partial charge in [0.15, 0.2) is 5.76 Å². The van der Waals surface area contributed by atoms with E-state index in [0.717, 1.165) is 37.4 Å². The van der Waals surface area contributed by atoms with Crippen LogP contribution in [0.4, 0.5) is 0 Å². The zero-order valence-corrected chi connectivity index (χ0v) is 16.6. The third-order valence-electron chi connectivity index (χ3n) is 5.67. The van der Waals surface area contributed by atoms with Gasteiger partial charge in [-0.25, -0.2) is 0 Å². The van der Waals surface area contributed by atoms with Gasteiger partial charge in [0.25, 0.3) is 0 Å². The van der Waals surface area contributed by atoms with Gasteiger partial charge in [-0.05, 0) is 49.2 Å². The first-order valence-corrected chi connectivity index (χ1v) is 9.96. The van der Waals surface area contributed by atoms with Gasteiger partial charge in [0, 0.05) is 31.6 Å². The van der Waals surface area contributed by atoms with Crippen LogP contribution in [0.1, 0.15) is 36.3 Å². The van der Waals surface area contributed by atoms with Crippen LogP contribution >= 0.6 is 0 Å². The fourth-order valence-electron chi connectivity index (χ4n) is 4.05. The third-order valence-corrected chi connectivity index (χ3v) is 5.67. The molecule has 1 amide bonds. The van der Waals surface area contributed by atoms with Gasteiger partial charge in [-0.1, -0.05) is 41.6 Å². The van der Waals surface area contributed by atoms with Gasteiger partial charge >= 0.3 is 0 Å². The largest absolute Gasteiger partial charge is 0.360 e. The number of carbonyl (C=O) groups is 1. The number of benzene rings is 2. The third kappa shape index (κ3) is 4.25. The SMILES string of the molecule is Cc1cc(CN(C)C2CCC(=O)N(Cc3ccc4ccccc4c3)CC2)on1. The normalized spacial score (nSPS) is 18.0. The highest BCUT2D eigenvalue weighted by molar-refractivity contribution is 5.83. The van der Waals surface area contributed by atoms with Gasteiger partial charge in [0.2, 0.25) is 5.91 Å². The van der Waals surface area contributed by atoms with Crippen molar-refractivity contribution < 1.29 is 9.32 Å². The Morgan fingerprint density at radius 1 is 1.14 bits per heavy atom. The highest BCUT2D eigenvalue weighted by atomic mass is 16.5. The monoisotopic (exact) mass is 377 g/mol. The maximum absolute atomic E-state index is 12.7. The molecule has 1 aromatic heterocycles. The van der Waals surface area contributed by atoms with Crippen LogP contribution in [0.15, 0.2) is 53.1 Å². The van der Waals surface area contributed by atoms with Crippen molar-refractivity contribution in [1.29, 1.82) is 0 Å². The summed E-state index contributed by atoms with van der Waals surface area (Å²) in [4.78, 5) is 17.0. The molecule has 0 aliphatic carbocycles. The molecule has 2 aromatic carbocycles. The van der Waals surface area contributed by atoms with Gasteiger partial charge in [0.1, 0.15) is 0 Å². The molecule has 1 unspecified atom stereocenters. The Morgan fingerprint density at radius 3 is 2.75 bits per heavy atom. The first kappa shape index (κ1) is 18.7. The number of amides is 1. The number of aromatic nitrogens is 1. The number of hydrogen-bond acceptors (Lipinski definition) is 4. The minimum Gasteiger partial charge on any atom is -0.360 e. The average molecular weight is 377 g/mol. The van der Waals surface area contributed by atoms with Gasteiger partial charge in [-0.15, -0.1) is 0 Å². The number of nitrogens with zero attached hydrogens (tertiary/aromatic N) is 3. The first-order valence-electron chi connectivity index (χ1n) is 9.96. The Balaban J connectivity index is 1.40. The maximum atomic E-state index is 12.7. The Kier molecular flexibility index (Phi) is 5.44. The summed E-state index contributed by atoms with van der Waals surface area (Å²) >= 11 is 0. The van der Waals surface area contributed by atoms with E-state index in [4.69, 9.17) is 4.52 Å². The minimum absolute atomic E-state index is 0.250. The number of carbonyl (C=O) groups excluding carboxylic acids is 1. The summed E-state index contributed by atoms with van der Waals surface area (Å²) in [5.74, 6) is 1.13. The van der Waals surface area contributed by atoms with E-state index in [2.05, 4.69) is 59.6 Å². The molecule has 28 heavy (non-hydrogen) atoms. The molecule has 1 fully saturated rings. The van der Waals surface area contributed by atoms with Crippen LogP contribution in [0.2, 0.25) is 0 Å². The summed E-state index contributed by atoms with van der Waals surface area (Å²) in [5.41, 5.74) is 2.09. The molecule has 1 atom stereocenters. The number of aryl methyl sites for hydroxylation is 1. The second kappa shape index (κ2) is 8.15. The van der Waals surface area contributed by atoms with E-state index in [9.17, 15) is 4.79 Å². The summed E-state index contributed by atoms with van der Waals surface area (Å²) in [7, 11) is 2.10. The molecule has 146 valence electrons. The molecule has 5 nitrogen and oxygen atoms in total. The van der Waals surface area contributed by atoms with E-state index in [1.165, 1.54) is 16.3 Å². The molecular weight excluding hydrogens is 350 g/mol. The zero-order valence-electron chi connectivity index (χ0n) is 16.6. The molecule has 0 radical (unpaired) electrons. The number of hydrogen-bond donors (Lipinski definition) is 0. The van der Waals surface area contributed by atoms with Crippen molar-refractivity contribution in [1.82, 2.24) is 15.0 Å². The summed E-state index contributed by atoms with van der Waals surface area (Å²) < 4.78 is 5.34. The summed E-state index contributed by atoms with van der Waals surface area (Å²) in [6.07, 6.45) is 2.46. The predicted octanol–water partition coefficient (Wildman–Crippen LogP) is 4.15. The second-order valence-corrected chi connectivity index (χ2v) is 7.83. The lowest BCUT2D eigenvalue weighted by atomic mass is 10.1. The number of fused-ring (bicyclic) bond motifs is 1. The Hall–Kier alpha value is -2.66. The van der Waals surface area contributed by atoms with Gasteiger partial charge in [-0.2, -0.15) is 0 Å². The van der Waals surface area contributed by atoms with E-state index in [0.29, 0.717) is 19.0 Å². The van der Waals surface area contributed by atoms with E-state index in [-0.39, 0.29) is 5.91 Å². The van der Waals surface area contributed by atoms with E-state index in [1.54, 1.807) is 0 Å². The van der Waals surface area contributed by atoms with Crippen molar-refractivity contribution in [3.63, 3.8) is 0 Å². The molecule has 3 aromatic rings. The predicted molar refractivity (Wildman–Crippen MR) is 110 cm³/mol. The minimum atomic E-state index is 0.250. The van der Waals surface area contributed by atoms with Crippen LogP contribution in [0, 0.1) is 6.92 Å². The van der Waals surface area contributed by atoms with Crippen molar-refractivity contribution in [3.8, 4) is 0 Å². The van der Waals surface area contributed by atoms with E-state index in [1.807, 2.05) is 17.9 Å². The van der Waals surface area contributed by atoms with Crippen molar-refractivity contribution in [2.45, 2.75) is 45.3 Å². The highest BCUT2D eigenvalue weighted by Crippen LogP contribution is 2.22. The van der Waals surface area contributed by atoms with E-state index >= 15 is 0 Å². The van der Waals surface area contributed by atoms with Crippen molar-refractivity contribution in [2.75, 3.05) is 13.6 Å². The lowest BCUT2D eigenvalue weighted by molar-refractivity contribution is -0.131. The molecule has 0 N–H and O–H groups in total. The number of rotatable bonds is 5. The first-order chi connectivity index (χ1) is 13.6. The maximum Gasteiger partial charge on any atom is 0.222 e. The van der Waals surface area contributed by atoms with Crippen LogP contribution < -0.4 is 0 Å². The standard InChI is InChI=1S/C23H27N3O2/c1-17-13-22(28-24-17)16-25(2)21-9-10-23(27)26(12-11-21)15-18-7-8-19-5-3-4-6-20(19)14-18/h3-8,13-14,21H,9-12,15-16H2,1-2H3. The quantitative estimate of drug-likeness (QED) is 0.670. The van der Waals surface area contributed by atoms with Crippen LogP contribution in [0.25, 0.3) is 10.8 Å². The van der Waals surface area contributed by atoms with Crippen LogP contribution in [-0.4, -0.2) is 40.5 Å². The molecular formula is C23H27N3O2. The molecule has 1 saturated heterocycles. The van der Waals surface area contributed by atoms with Gasteiger partial charge < -0.3 is 9.42 Å². The topological polar surface area (TPSA) is 49.6 Å². The molecule has 0 spiro atoms. The Morgan fingerprint density at radius 2 is 1.96 bits per heavy atom. The van der Waals surface area contributed by atoms with Crippen molar-refractivity contribution in [3.05, 3.63) is 65.5 Å². The molecule has 0 bridgehead atoms. The zero-order chi connectivity index (χ0) is 19.5. The molecule has 4 rings (SSSR count). The van der Waals surface area contributed by atoms with Crippen LogP contribution in [-0.2, 0) is 17.9 Å². The summed E-state index contributed by atoms with van der Waals surface area (Å²) in [5, 5.41) is 6.42. The molecule has 0 saturated carbocycles. The molecule has 2 heterocycles. The van der Waals surface area contributed by atoms with Gasteiger partial charge in [-0.3, -0.25) is 9.69 Å². The molecule has 1 aliphatic heterocycles. The fraction of sp³-hybridized carbons (Fsp3) is 0.391. The Bertz CT molecular complexity index is 965. The van der Waals surface area contributed by atoms with Gasteiger partial charge in [0.05, 0.1) is 12.2 Å². The van der Waals surface area contributed by atoms with Crippen molar-refractivity contribution in [2.24, 2.45) is 0 Å². The second-order valence-electron chi connectivity index (χ2n) is 7.83. The number of likely N-dealkylation sites (tertiary alicyclic amines) is 1. The summed E-state index contributed by atoms with van der Waals surface area (Å²) in [6.45, 7) is 4.13. The average Bonchev–Trinajstić information content (AvgIpc) is 3.01. The Labute approximate surface area is 165 Å². The van der Waals surface area contributed by atoms with Crippen LogP contribution in [0.3, 0.4) is 0 Å². The van der Waals surface area contributed by atoms with Crippen LogP contribution in [0.5, 0.6) is 0 Å². The lowest BCUT2D eigenvalue weighted by Crippen LogP contribution is -2.33. The highest BCUT2D eigenvalue weighted by Gasteiger charge is 2.25.